The van der Waals surface area contributed by atoms with Crippen molar-refractivity contribution in [3.05, 3.63) is 29.9 Å². The third kappa shape index (κ3) is 2.70. The van der Waals surface area contributed by atoms with Gasteiger partial charge in [-0.2, -0.15) is 4.98 Å². The van der Waals surface area contributed by atoms with E-state index in [0.717, 1.165) is 30.6 Å². The summed E-state index contributed by atoms with van der Waals surface area (Å²) < 4.78 is 11.3. The Bertz CT molecular complexity index is 609. The molecule has 5 heteroatoms. The van der Waals surface area contributed by atoms with Gasteiger partial charge in [-0.3, -0.25) is 4.98 Å². The van der Waals surface area contributed by atoms with Crippen LogP contribution in [-0.4, -0.2) is 21.7 Å². The summed E-state index contributed by atoms with van der Waals surface area (Å²) in [5, 5.41) is 4.14. The highest BCUT2D eigenvalue weighted by molar-refractivity contribution is 5.58. The minimum absolute atomic E-state index is 0.0711. The highest BCUT2D eigenvalue weighted by atomic mass is 16.5. The molecule has 1 aliphatic heterocycles. The van der Waals surface area contributed by atoms with Crippen molar-refractivity contribution in [3.8, 4) is 11.4 Å². The fourth-order valence-corrected chi connectivity index (χ4v) is 2.93. The van der Waals surface area contributed by atoms with E-state index in [2.05, 4.69) is 35.9 Å². The molecular weight excluding hydrogens is 266 g/mol. The molecule has 0 N–H and O–H groups in total. The molecule has 21 heavy (non-hydrogen) atoms. The summed E-state index contributed by atoms with van der Waals surface area (Å²) in [6.45, 7) is 7.28. The quantitative estimate of drug-likeness (QED) is 0.862. The molecule has 1 saturated heterocycles. The summed E-state index contributed by atoms with van der Waals surface area (Å²) in [6.07, 6.45) is 5.48. The van der Waals surface area contributed by atoms with Gasteiger partial charge in [0.25, 0.3) is 5.89 Å². The highest BCUT2D eigenvalue weighted by Crippen LogP contribution is 2.38. The van der Waals surface area contributed by atoms with E-state index in [1.807, 2.05) is 12.3 Å². The summed E-state index contributed by atoms with van der Waals surface area (Å²) in [4.78, 5) is 8.72. The smallest absolute Gasteiger partial charge is 0.256 e. The summed E-state index contributed by atoms with van der Waals surface area (Å²) >= 11 is 0. The number of rotatable bonds is 4. The third-order valence-corrected chi connectivity index (χ3v) is 4.20. The number of nitrogens with zero attached hydrogens (tertiary/aromatic N) is 3. The second-order valence-electron chi connectivity index (χ2n) is 5.83. The van der Waals surface area contributed by atoms with Crippen molar-refractivity contribution in [2.24, 2.45) is 11.8 Å². The molecule has 2 aromatic rings. The molecule has 2 atom stereocenters. The number of ether oxygens (including phenoxy) is 1. The van der Waals surface area contributed by atoms with Crippen LogP contribution in [0.4, 0.5) is 0 Å². The number of hydrogen-bond donors (Lipinski definition) is 0. The molecule has 0 radical (unpaired) electrons. The molecule has 3 rings (SSSR count). The molecule has 0 bridgehead atoms. The van der Waals surface area contributed by atoms with Gasteiger partial charge < -0.3 is 9.26 Å². The van der Waals surface area contributed by atoms with Crippen LogP contribution in [-0.2, 0) is 11.2 Å². The first kappa shape index (κ1) is 14.2. The Morgan fingerprint density at radius 3 is 3.00 bits per heavy atom. The van der Waals surface area contributed by atoms with E-state index in [-0.39, 0.29) is 6.10 Å². The van der Waals surface area contributed by atoms with Gasteiger partial charge >= 0.3 is 0 Å². The Labute approximate surface area is 124 Å². The minimum atomic E-state index is -0.0711. The minimum Gasteiger partial charge on any atom is -0.368 e. The molecule has 0 aromatic carbocycles. The van der Waals surface area contributed by atoms with E-state index in [9.17, 15) is 0 Å². The molecule has 2 aromatic heterocycles. The van der Waals surface area contributed by atoms with E-state index >= 15 is 0 Å². The Hall–Kier alpha value is -1.75. The van der Waals surface area contributed by atoms with Crippen molar-refractivity contribution in [3.63, 3.8) is 0 Å². The Morgan fingerprint density at radius 1 is 1.38 bits per heavy atom. The molecule has 0 aliphatic carbocycles. The van der Waals surface area contributed by atoms with Gasteiger partial charge in [-0.1, -0.05) is 25.9 Å². The lowest BCUT2D eigenvalue weighted by atomic mass is 9.89. The first-order valence-corrected chi connectivity index (χ1v) is 7.59. The first-order chi connectivity index (χ1) is 10.2. The largest absolute Gasteiger partial charge is 0.368 e. The maximum Gasteiger partial charge on any atom is 0.256 e. The summed E-state index contributed by atoms with van der Waals surface area (Å²) in [5.41, 5.74) is 2.11. The Balaban J connectivity index is 1.90. The fraction of sp³-hybridized carbons (Fsp3) is 0.562. The molecule has 5 nitrogen and oxygen atoms in total. The maximum atomic E-state index is 5.81. The zero-order valence-corrected chi connectivity index (χ0v) is 12.7. The fourth-order valence-electron chi connectivity index (χ4n) is 2.93. The van der Waals surface area contributed by atoms with Crippen LogP contribution in [0.3, 0.4) is 0 Å². The normalized spacial score (nSPS) is 22.1. The van der Waals surface area contributed by atoms with Gasteiger partial charge in [0.2, 0.25) is 5.82 Å². The lowest BCUT2D eigenvalue weighted by Gasteiger charge is -2.18. The summed E-state index contributed by atoms with van der Waals surface area (Å²) in [5.74, 6) is 2.21. The van der Waals surface area contributed by atoms with Gasteiger partial charge in [-0.25, -0.2) is 0 Å². The van der Waals surface area contributed by atoms with Crippen LogP contribution in [0.15, 0.2) is 23.0 Å². The zero-order valence-electron chi connectivity index (χ0n) is 12.7. The Kier molecular flexibility index (Phi) is 4.01. The van der Waals surface area contributed by atoms with Crippen LogP contribution in [0.2, 0.25) is 0 Å². The van der Waals surface area contributed by atoms with Crippen LogP contribution in [0, 0.1) is 11.8 Å². The standard InChI is InChI=1S/C16H21N3O2/c1-4-11-9-17-7-5-13(11)15-18-16(21-19-15)14-12(10(2)3)6-8-20-14/h5,7,9-10,12,14H,4,6,8H2,1-3H3/t12-,14-/m0/s1. The lowest BCUT2D eigenvalue weighted by Crippen LogP contribution is -2.13. The van der Waals surface area contributed by atoms with Gasteiger partial charge in [-0.05, 0) is 36.3 Å². The van der Waals surface area contributed by atoms with E-state index in [0.29, 0.717) is 23.6 Å². The molecule has 0 spiro atoms. The van der Waals surface area contributed by atoms with E-state index in [4.69, 9.17) is 9.26 Å². The van der Waals surface area contributed by atoms with Crippen LogP contribution >= 0.6 is 0 Å². The maximum absolute atomic E-state index is 5.81. The van der Waals surface area contributed by atoms with E-state index in [1.54, 1.807) is 6.20 Å². The molecule has 0 amide bonds. The molecule has 1 aliphatic rings. The van der Waals surface area contributed by atoms with Crippen molar-refractivity contribution < 1.29 is 9.26 Å². The first-order valence-electron chi connectivity index (χ1n) is 7.59. The zero-order chi connectivity index (χ0) is 14.8. The van der Waals surface area contributed by atoms with Gasteiger partial charge in [0.1, 0.15) is 6.10 Å². The van der Waals surface area contributed by atoms with Crippen molar-refractivity contribution in [1.29, 1.82) is 0 Å². The van der Waals surface area contributed by atoms with Crippen LogP contribution < -0.4 is 0 Å². The number of hydrogen-bond acceptors (Lipinski definition) is 5. The topological polar surface area (TPSA) is 61.0 Å². The van der Waals surface area contributed by atoms with Gasteiger partial charge in [0, 0.05) is 24.6 Å². The average molecular weight is 287 g/mol. The van der Waals surface area contributed by atoms with E-state index in [1.165, 1.54) is 0 Å². The number of aryl methyl sites for hydroxylation is 1. The molecule has 0 saturated carbocycles. The molecular formula is C16H21N3O2. The average Bonchev–Trinajstić information content (AvgIpc) is 3.15. The molecule has 112 valence electrons. The summed E-state index contributed by atoms with van der Waals surface area (Å²) in [6, 6.07) is 1.93. The predicted octanol–water partition coefficient (Wildman–Crippen LogP) is 3.43. The van der Waals surface area contributed by atoms with Gasteiger partial charge in [0.15, 0.2) is 0 Å². The van der Waals surface area contributed by atoms with E-state index < -0.39 is 0 Å². The van der Waals surface area contributed by atoms with Crippen molar-refractivity contribution in [2.75, 3.05) is 6.61 Å². The van der Waals surface area contributed by atoms with Crippen LogP contribution in [0.1, 0.15) is 44.8 Å². The van der Waals surface area contributed by atoms with Gasteiger partial charge in [0.05, 0.1) is 0 Å². The number of pyridine rings is 1. The van der Waals surface area contributed by atoms with Crippen LogP contribution in [0.5, 0.6) is 0 Å². The SMILES string of the molecule is CCc1cnccc1-c1noc([C@H]2OCC[C@H]2C(C)C)n1. The van der Waals surface area contributed by atoms with Crippen molar-refractivity contribution >= 4 is 0 Å². The monoisotopic (exact) mass is 287 g/mol. The molecule has 1 fully saturated rings. The second kappa shape index (κ2) is 5.93. The molecule has 0 unspecified atom stereocenters. The molecule has 3 heterocycles. The predicted molar refractivity (Wildman–Crippen MR) is 78.5 cm³/mol. The van der Waals surface area contributed by atoms with Crippen molar-refractivity contribution in [2.45, 2.75) is 39.7 Å². The van der Waals surface area contributed by atoms with Crippen LogP contribution in [0.25, 0.3) is 11.4 Å². The summed E-state index contributed by atoms with van der Waals surface area (Å²) in [7, 11) is 0. The Morgan fingerprint density at radius 2 is 2.24 bits per heavy atom. The third-order valence-electron chi connectivity index (χ3n) is 4.20. The van der Waals surface area contributed by atoms with Gasteiger partial charge in [-0.15, -0.1) is 0 Å². The highest BCUT2D eigenvalue weighted by Gasteiger charge is 2.36. The number of aromatic nitrogens is 3. The lowest BCUT2D eigenvalue weighted by molar-refractivity contribution is 0.0520. The van der Waals surface area contributed by atoms with Crippen molar-refractivity contribution in [1.82, 2.24) is 15.1 Å². The second-order valence-corrected chi connectivity index (χ2v) is 5.83.